The van der Waals surface area contributed by atoms with E-state index < -0.39 is 9.84 Å². The van der Waals surface area contributed by atoms with Gasteiger partial charge in [-0.05, 0) is 42.5 Å². The molecule has 1 aromatic heterocycles. The van der Waals surface area contributed by atoms with Crippen molar-refractivity contribution in [2.45, 2.75) is 9.92 Å². The zero-order valence-corrected chi connectivity index (χ0v) is 12.8. The van der Waals surface area contributed by atoms with Crippen LogP contribution in [0, 0.1) is 0 Å². The summed E-state index contributed by atoms with van der Waals surface area (Å²) in [5, 5.41) is 0.873. The number of fused-ring (bicyclic) bond motifs is 1. The third-order valence-corrected chi connectivity index (χ3v) is 5.01. The van der Waals surface area contributed by atoms with Gasteiger partial charge >= 0.3 is 0 Å². The molecule has 0 aliphatic carbocycles. The SMILES string of the molecule is O=S(=O)(c1ccc(Cl)cc1)c1cnc2cc(Cl)ccc2n1. The van der Waals surface area contributed by atoms with E-state index in [4.69, 9.17) is 23.2 Å². The third kappa shape index (κ3) is 2.72. The standard InChI is InChI=1S/C14H8Cl2N2O2S/c15-9-1-4-11(5-2-9)21(19,20)14-8-17-13-7-10(16)3-6-12(13)18-14/h1-8H. The van der Waals surface area contributed by atoms with Crippen LogP contribution in [0.3, 0.4) is 0 Å². The highest BCUT2D eigenvalue weighted by Crippen LogP contribution is 2.23. The average Bonchev–Trinajstić information content (AvgIpc) is 2.47. The van der Waals surface area contributed by atoms with Gasteiger partial charge in [0.2, 0.25) is 9.84 Å². The monoisotopic (exact) mass is 338 g/mol. The first-order valence-electron chi connectivity index (χ1n) is 5.90. The molecule has 0 aliphatic heterocycles. The van der Waals surface area contributed by atoms with Crippen LogP contribution in [0.5, 0.6) is 0 Å². The molecule has 0 fully saturated rings. The van der Waals surface area contributed by atoms with Crippen LogP contribution >= 0.6 is 23.2 Å². The van der Waals surface area contributed by atoms with Crippen molar-refractivity contribution in [2.24, 2.45) is 0 Å². The molecule has 0 aliphatic rings. The fourth-order valence-corrected chi connectivity index (χ4v) is 3.27. The molecule has 3 rings (SSSR count). The summed E-state index contributed by atoms with van der Waals surface area (Å²) in [6.45, 7) is 0. The van der Waals surface area contributed by atoms with Gasteiger partial charge in [-0.3, -0.25) is 4.98 Å². The first kappa shape index (κ1) is 14.3. The van der Waals surface area contributed by atoms with Crippen molar-refractivity contribution in [3.8, 4) is 0 Å². The number of sulfone groups is 1. The summed E-state index contributed by atoms with van der Waals surface area (Å²) in [5.74, 6) is 0. The predicted molar refractivity (Wildman–Crippen MR) is 81.5 cm³/mol. The predicted octanol–water partition coefficient (Wildman–Crippen LogP) is 3.77. The summed E-state index contributed by atoms with van der Waals surface area (Å²) in [5.41, 5.74) is 1.01. The topological polar surface area (TPSA) is 59.9 Å². The Kier molecular flexibility index (Phi) is 3.57. The van der Waals surface area contributed by atoms with Crippen molar-refractivity contribution in [1.82, 2.24) is 9.97 Å². The lowest BCUT2D eigenvalue weighted by atomic mass is 10.3. The van der Waals surface area contributed by atoms with Gasteiger partial charge in [0.25, 0.3) is 0 Å². The van der Waals surface area contributed by atoms with Gasteiger partial charge in [-0.2, -0.15) is 0 Å². The molecule has 0 saturated carbocycles. The van der Waals surface area contributed by atoms with E-state index in [9.17, 15) is 8.42 Å². The maximum absolute atomic E-state index is 12.5. The minimum atomic E-state index is -3.72. The zero-order chi connectivity index (χ0) is 15.0. The zero-order valence-electron chi connectivity index (χ0n) is 10.5. The summed E-state index contributed by atoms with van der Waals surface area (Å²) < 4.78 is 25.0. The summed E-state index contributed by atoms with van der Waals surface area (Å²) in [6.07, 6.45) is 1.22. The minimum absolute atomic E-state index is 0.111. The van der Waals surface area contributed by atoms with Crippen molar-refractivity contribution < 1.29 is 8.42 Å². The maximum atomic E-state index is 12.5. The van der Waals surface area contributed by atoms with Gasteiger partial charge in [0.15, 0.2) is 5.03 Å². The molecule has 0 bridgehead atoms. The van der Waals surface area contributed by atoms with E-state index in [1.54, 1.807) is 18.2 Å². The molecular weight excluding hydrogens is 331 g/mol. The Hall–Kier alpha value is -1.69. The Bertz CT molecular complexity index is 925. The van der Waals surface area contributed by atoms with Crippen molar-refractivity contribution in [3.05, 3.63) is 58.7 Å². The van der Waals surface area contributed by atoms with Gasteiger partial charge in [0.1, 0.15) is 0 Å². The smallest absolute Gasteiger partial charge is 0.225 e. The summed E-state index contributed by atoms with van der Waals surface area (Å²) in [4.78, 5) is 8.36. The Morgan fingerprint density at radius 3 is 2.24 bits per heavy atom. The molecule has 4 nitrogen and oxygen atoms in total. The molecule has 0 unspecified atom stereocenters. The lowest BCUT2D eigenvalue weighted by Gasteiger charge is -2.05. The fourth-order valence-electron chi connectivity index (χ4n) is 1.83. The lowest BCUT2D eigenvalue weighted by Crippen LogP contribution is -2.05. The van der Waals surface area contributed by atoms with Crippen LogP contribution in [-0.4, -0.2) is 18.4 Å². The maximum Gasteiger partial charge on any atom is 0.225 e. The van der Waals surface area contributed by atoms with E-state index in [0.29, 0.717) is 21.1 Å². The highest BCUT2D eigenvalue weighted by atomic mass is 35.5. The number of aromatic nitrogens is 2. The van der Waals surface area contributed by atoms with Crippen LogP contribution in [0.4, 0.5) is 0 Å². The minimum Gasteiger partial charge on any atom is -0.252 e. The molecule has 0 radical (unpaired) electrons. The highest BCUT2D eigenvalue weighted by Gasteiger charge is 2.20. The van der Waals surface area contributed by atoms with Gasteiger partial charge in [-0.1, -0.05) is 23.2 Å². The largest absolute Gasteiger partial charge is 0.252 e. The van der Waals surface area contributed by atoms with E-state index in [0.717, 1.165) is 0 Å². The lowest BCUT2D eigenvalue weighted by molar-refractivity contribution is 0.592. The highest BCUT2D eigenvalue weighted by molar-refractivity contribution is 7.91. The number of rotatable bonds is 2. The van der Waals surface area contributed by atoms with E-state index in [1.165, 1.54) is 30.5 Å². The van der Waals surface area contributed by atoms with Crippen LogP contribution in [0.1, 0.15) is 0 Å². The number of benzene rings is 2. The van der Waals surface area contributed by atoms with Gasteiger partial charge in [-0.15, -0.1) is 0 Å². The Labute approximate surface area is 131 Å². The average molecular weight is 339 g/mol. The second kappa shape index (κ2) is 5.26. The molecule has 106 valence electrons. The first-order valence-corrected chi connectivity index (χ1v) is 8.14. The Morgan fingerprint density at radius 2 is 1.52 bits per heavy atom. The molecule has 0 amide bonds. The first-order chi connectivity index (χ1) is 9.96. The van der Waals surface area contributed by atoms with Gasteiger partial charge < -0.3 is 0 Å². The molecule has 3 aromatic rings. The van der Waals surface area contributed by atoms with Crippen LogP contribution in [0.25, 0.3) is 11.0 Å². The number of hydrogen-bond acceptors (Lipinski definition) is 4. The third-order valence-electron chi connectivity index (χ3n) is 2.88. The normalized spacial score (nSPS) is 11.7. The molecule has 7 heteroatoms. The second-order valence-electron chi connectivity index (χ2n) is 4.30. The van der Waals surface area contributed by atoms with Crippen molar-refractivity contribution >= 4 is 44.1 Å². The summed E-state index contributed by atoms with van der Waals surface area (Å²) in [6, 6.07) is 10.8. The van der Waals surface area contributed by atoms with Crippen LogP contribution in [0.15, 0.2) is 58.6 Å². The summed E-state index contributed by atoms with van der Waals surface area (Å²) in [7, 11) is -3.72. The molecule has 0 spiro atoms. The van der Waals surface area contributed by atoms with Gasteiger partial charge in [0.05, 0.1) is 22.1 Å². The Morgan fingerprint density at radius 1 is 0.857 bits per heavy atom. The van der Waals surface area contributed by atoms with Crippen LogP contribution in [-0.2, 0) is 9.84 Å². The molecule has 0 N–H and O–H groups in total. The quantitative estimate of drug-likeness (QED) is 0.713. The van der Waals surface area contributed by atoms with Crippen molar-refractivity contribution in [3.63, 3.8) is 0 Å². The van der Waals surface area contributed by atoms with Crippen molar-refractivity contribution in [2.75, 3.05) is 0 Å². The fraction of sp³-hybridized carbons (Fsp3) is 0. The molecule has 1 heterocycles. The molecule has 0 saturated heterocycles. The molecule has 21 heavy (non-hydrogen) atoms. The number of nitrogens with zero attached hydrogens (tertiary/aromatic N) is 2. The number of hydrogen-bond donors (Lipinski definition) is 0. The Balaban J connectivity index is 2.14. The number of halogens is 2. The van der Waals surface area contributed by atoms with E-state index in [1.807, 2.05) is 0 Å². The van der Waals surface area contributed by atoms with Gasteiger partial charge in [-0.25, -0.2) is 13.4 Å². The second-order valence-corrected chi connectivity index (χ2v) is 7.07. The van der Waals surface area contributed by atoms with Gasteiger partial charge in [0, 0.05) is 10.0 Å². The summed E-state index contributed by atoms with van der Waals surface area (Å²) >= 11 is 11.6. The van der Waals surface area contributed by atoms with Crippen LogP contribution < -0.4 is 0 Å². The van der Waals surface area contributed by atoms with E-state index in [-0.39, 0.29) is 9.92 Å². The molecule has 2 aromatic carbocycles. The van der Waals surface area contributed by atoms with E-state index in [2.05, 4.69) is 9.97 Å². The molecular formula is C14H8Cl2N2O2S. The molecule has 0 atom stereocenters. The van der Waals surface area contributed by atoms with Crippen LogP contribution in [0.2, 0.25) is 10.0 Å². The van der Waals surface area contributed by atoms with Crippen molar-refractivity contribution in [1.29, 1.82) is 0 Å². The van der Waals surface area contributed by atoms with E-state index >= 15 is 0 Å².